The van der Waals surface area contributed by atoms with Gasteiger partial charge in [-0.3, -0.25) is 9.79 Å². The van der Waals surface area contributed by atoms with Crippen molar-refractivity contribution in [2.24, 2.45) is 4.99 Å². The fraction of sp³-hybridized carbons (Fsp3) is 0.368. The number of anilines is 1. The maximum Gasteiger partial charge on any atom is 0.226 e. The van der Waals surface area contributed by atoms with E-state index in [0.29, 0.717) is 29.9 Å². The summed E-state index contributed by atoms with van der Waals surface area (Å²) in [4.78, 5) is 16.3. The molecule has 3 N–H and O–H groups in total. The van der Waals surface area contributed by atoms with E-state index in [-0.39, 0.29) is 5.91 Å². The lowest BCUT2D eigenvalue weighted by Gasteiger charge is -2.15. The lowest BCUT2D eigenvalue weighted by Crippen LogP contribution is -2.40. The van der Waals surface area contributed by atoms with Crippen LogP contribution in [0.25, 0.3) is 0 Å². The van der Waals surface area contributed by atoms with Crippen molar-refractivity contribution in [3.05, 3.63) is 51.2 Å². The number of aliphatic imine (C=N–C) groups is 1. The Morgan fingerprint density at radius 3 is 2.81 bits per heavy atom. The van der Waals surface area contributed by atoms with Gasteiger partial charge in [-0.05, 0) is 52.9 Å². The van der Waals surface area contributed by atoms with Crippen molar-refractivity contribution in [2.45, 2.75) is 26.2 Å². The summed E-state index contributed by atoms with van der Waals surface area (Å²) in [6.45, 7) is 5.34. The van der Waals surface area contributed by atoms with Crippen molar-refractivity contribution in [3.63, 3.8) is 0 Å². The van der Waals surface area contributed by atoms with Crippen LogP contribution in [0.3, 0.4) is 0 Å². The molecule has 5 nitrogen and oxygen atoms in total. The summed E-state index contributed by atoms with van der Waals surface area (Å²) in [5, 5.41) is 14.2. The van der Waals surface area contributed by atoms with Gasteiger partial charge in [0.25, 0.3) is 0 Å². The number of benzene rings is 1. The predicted molar refractivity (Wildman–Crippen MR) is 112 cm³/mol. The highest BCUT2D eigenvalue weighted by molar-refractivity contribution is 7.07. The highest BCUT2D eigenvalue weighted by Crippen LogP contribution is 2.22. The largest absolute Gasteiger partial charge is 0.356 e. The fourth-order valence-corrected chi connectivity index (χ4v) is 3.35. The van der Waals surface area contributed by atoms with Gasteiger partial charge in [-0.2, -0.15) is 11.3 Å². The molecular formula is C19H25ClN4OS. The number of rotatable bonds is 7. The first-order chi connectivity index (χ1) is 12.5. The first-order valence-corrected chi connectivity index (χ1v) is 9.85. The van der Waals surface area contributed by atoms with Crippen LogP contribution in [0.2, 0.25) is 5.02 Å². The number of thiophene rings is 1. The minimum absolute atomic E-state index is 0.0649. The van der Waals surface area contributed by atoms with Gasteiger partial charge in [0.1, 0.15) is 0 Å². The van der Waals surface area contributed by atoms with E-state index in [4.69, 9.17) is 11.6 Å². The van der Waals surface area contributed by atoms with Crippen LogP contribution in [0.4, 0.5) is 5.69 Å². The normalized spacial score (nSPS) is 12.5. The van der Waals surface area contributed by atoms with Crippen molar-refractivity contribution in [3.8, 4) is 0 Å². The molecule has 0 saturated heterocycles. The summed E-state index contributed by atoms with van der Waals surface area (Å²) in [6.07, 6.45) is 0.340. The molecule has 0 radical (unpaired) electrons. The Hall–Kier alpha value is -2.05. The first kappa shape index (κ1) is 20.3. The van der Waals surface area contributed by atoms with Crippen molar-refractivity contribution in [1.82, 2.24) is 10.6 Å². The lowest BCUT2D eigenvalue weighted by molar-refractivity contribution is -0.116. The Labute approximate surface area is 163 Å². The molecule has 26 heavy (non-hydrogen) atoms. The monoisotopic (exact) mass is 392 g/mol. The molecule has 0 saturated carbocycles. The quantitative estimate of drug-likeness (QED) is 0.492. The molecule has 1 atom stereocenters. The molecule has 0 fully saturated rings. The minimum Gasteiger partial charge on any atom is -0.356 e. The number of carbonyl (C=O) groups excluding carboxylic acids is 1. The molecule has 2 rings (SSSR count). The Bertz CT molecular complexity index is 746. The number of nitrogens with zero attached hydrogens (tertiary/aromatic N) is 1. The third-order valence-corrected chi connectivity index (χ3v) is 5.21. The average Bonchev–Trinajstić information content (AvgIpc) is 3.16. The standard InChI is InChI=1S/C19H25ClN4OS/c1-13(15-8-10-26-12-15)11-23-19(21-3)22-9-7-18(25)24-17-6-4-5-16(20)14(17)2/h4-6,8,10,12-13H,7,9,11H2,1-3H3,(H,24,25)(H2,21,22,23). The zero-order valence-electron chi connectivity index (χ0n) is 15.3. The van der Waals surface area contributed by atoms with Gasteiger partial charge in [0.15, 0.2) is 5.96 Å². The number of nitrogens with one attached hydrogen (secondary N) is 3. The van der Waals surface area contributed by atoms with E-state index in [2.05, 4.69) is 44.7 Å². The second kappa shape index (κ2) is 10.2. The Morgan fingerprint density at radius 1 is 1.31 bits per heavy atom. The maximum absolute atomic E-state index is 12.1. The minimum atomic E-state index is -0.0649. The van der Waals surface area contributed by atoms with Crippen molar-refractivity contribution < 1.29 is 4.79 Å². The van der Waals surface area contributed by atoms with Gasteiger partial charge in [-0.15, -0.1) is 0 Å². The smallest absolute Gasteiger partial charge is 0.226 e. The SMILES string of the molecule is CN=C(NCCC(=O)Nc1cccc(Cl)c1C)NCC(C)c1ccsc1. The van der Waals surface area contributed by atoms with E-state index in [0.717, 1.165) is 17.8 Å². The number of hydrogen-bond acceptors (Lipinski definition) is 3. The summed E-state index contributed by atoms with van der Waals surface area (Å²) in [6, 6.07) is 7.61. The van der Waals surface area contributed by atoms with Crippen LogP contribution in [-0.4, -0.2) is 32.0 Å². The van der Waals surface area contributed by atoms with Gasteiger partial charge in [0.2, 0.25) is 5.91 Å². The summed E-state index contributed by atoms with van der Waals surface area (Å²) in [7, 11) is 1.72. The number of amides is 1. The van der Waals surface area contributed by atoms with Gasteiger partial charge >= 0.3 is 0 Å². The van der Waals surface area contributed by atoms with Gasteiger partial charge in [0.05, 0.1) is 0 Å². The topological polar surface area (TPSA) is 65.5 Å². The Morgan fingerprint density at radius 2 is 2.12 bits per heavy atom. The van der Waals surface area contributed by atoms with E-state index >= 15 is 0 Å². The Balaban J connectivity index is 1.73. The fourth-order valence-electron chi connectivity index (χ4n) is 2.39. The van der Waals surface area contributed by atoms with E-state index in [1.807, 2.05) is 19.1 Å². The van der Waals surface area contributed by atoms with Crippen LogP contribution in [0.5, 0.6) is 0 Å². The Kier molecular flexibility index (Phi) is 7.94. The third kappa shape index (κ3) is 6.04. The molecule has 0 spiro atoms. The van der Waals surface area contributed by atoms with Gasteiger partial charge < -0.3 is 16.0 Å². The summed E-state index contributed by atoms with van der Waals surface area (Å²) >= 11 is 7.77. The molecule has 0 aliphatic carbocycles. The van der Waals surface area contributed by atoms with Crippen LogP contribution in [0.15, 0.2) is 40.0 Å². The number of halogens is 1. The maximum atomic E-state index is 12.1. The molecule has 1 aromatic carbocycles. The highest BCUT2D eigenvalue weighted by atomic mass is 35.5. The van der Waals surface area contributed by atoms with Gasteiger partial charge in [-0.1, -0.05) is 24.6 Å². The van der Waals surface area contributed by atoms with E-state index in [1.54, 1.807) is 24.5 Å². The molecule has 1 amide bonds. The molecule has 7 heteroatoms. The number of carbonyl (C=O) groups is 1. The zero-order chi connectivity index (χ0) is 18.9. The van der Waals surface area contributed by atoms with Crippen LogP contribution in [0, 0.1) is 6.92 Å². The van der Waals surface area contributed by atoms with Crippen molar-refractivity contribution in [1.29, 1.82) is 0 Å². The van der Waals surface area contributed by atoms with E-state index in [1.165, 1.54) is 5.56 Å². The van der Waals surface area contributed by atoms with Crippen LogP contribution >= 0.6 is 22.9 Å². The molecule has 140 valence electrons. The number of hydrogen-bond donors (Lipinski definition) is 3. The molecule has 2 aromatic rings. The molecule has 1 unspecified atom stereocenters. The van der Waals surface area contributed by atoms with Gasteiger partial charge in [-0.25, -0.2) is 0 Å². The summed E-state index contributed by atoms with van der Waals surface area (Å²) in [5.41, 5.74) is 2.93. The molecule has 0 aliphatic heterocycles. The first-order valence-electron chi connectivity index (χ1n) is 8.52. The lowest BCUT2D eigenvalue weighted by atomic mass is 10.1. The number of guanidine groups is 1. The van der Waals surface area contributed by atoms with Crippen molar-refractivity contribution in [2.75, 3.05) is 25.5 Å². The van der Waals surface area contributed by atoms with Crippen LogP contribution < -0.4 is 16.0 Å². The highest BCUT2D eigenvalue weighted by Gasteiger charge is 2.09. The van der Waals surface area contributed by atoms with Crippen LogP contribution in [-0.2, 0) is 4.79 Å². The molecule has 1 heterocycles. The van der Waals surface area contributed by atoms with Crippen molar-refractivity contribution >= 4 is 40.5 Å². The molecule has 1 aromatic heterocycles. The molecule has 0 aliphatic rings. The summed E-state index contributed by atoms with van der Waals surface area (Å²) < 4.78 is 0. The second-order valence-electron chi connectivity index (χ2n) is 6.05. The second-order valence-corrected chi connectivity index (χ2v) is 7.24. The molecular weight excluding hydrogens is 368 g/mol. The van der Waals surface area contributed by atoms with Crippen LogP contribution in [0.1, 0.15) is 30.4 Å². The van der Waals surface area contributed by atoms with E-state index < -0.39 is 0 Å². The average molecular weight is 393 g/mol. The summed E-state index contributed by atoms with van der Waals surface area (Å²) in [5.74, 6) is 1.03. The zero-order valence-corrected chi connectivity index (χ0v) is 16.9. The molecule has 0 bridgehead atoms. The third-order valence-electron chi connectivity index (χ3n) is 4.10. The predicted octanol–water partition coefficient (Wildman–Crippen LogP) is 4.01. The van der Waals surface area contributed by atoms with E-state index in [9.17, 15) is 4.79 Å². The van der Waals surface area contributed by atoms with Gasteiger partial charge in [0, 0.05) is 37.3 Å².